The van der Waals surface area contributed by atoms with Crippen LogP contribution in [-0.4, -0.2) is 28.0 Å². The van der Waals surface area contributed by atoms with Crippen molar-refractivity contribution in [3.05, 3.63) is 125 Å². The Morgan fingerprint density at radius 3 is 2.08 bits per heavy atom. The van der Waals surface area contributed by atoms with Crippen molar-refractivity contribution in [1.29, 1.82) is 0 Å². The number of ether oxygens (including phenoxy) is 1. The molecule has 1 atom stereocenters. The van der Waals surface area contributed by atoms with Gasteiger partial charge < -0.3 is 10.1 Å². The second kappa shape index (κ2) is 11.3. The van der Waals surface area contributed by atoms with Crippen LogP contribution in [0.4, 0.5) is 5.69 Å². The number of carbonyl (C=O) groups is 1. The number of aryl methyl sites for hydroxylation is 2. The molecule has 1 N–H and O–H groups in total. The van der Waals surface area contributed by atoms with Crippen molar-refractivity contribution in [3.63, 3.8) is 0 Å². The zero-order chi connectivity index (χ0) is 26.4. The largest absolute Gasteiger partial charge is 0.497 e. The lowest BCUT2D eigenvalue weighted by Crippen LogP contribution is -2.42. The van der Waals surface area contributed by atoms with Gasteiger partial charge in [0, 0.05) is 0 Å². The van der Waals surface area contributed by atoms with E-state index in [9.17, 15) is 13.2 Å². The summed E-state index contributed by atoms with van der Waals surface area (Å²) in [6.45, 7) is 3.49. The highest BCUT2D eigenvalue weighted by atomic mass is 32.2. The number of rotatable bonds is 9. The molecule has 0 saturated heterocycles. The van der Waals surface area contributed by atoms with Crippen LogP contribution in [0.1, 0.15) is 28.3 Å². The molecule has 1 unspecified atom stereocenters. The van der Waals surface area contributed by atoms with Gasteiger partial charge in [-0.3, -0.25) is 9.10 Å². The maximum atomic E-state index is 13.7. The molecule has 190 valence electrons. The van der Waals surface area contributed by atoms with Gasteiger partial charge in [-0.15, -0.1) is 0 Å². The number of benzene rings is 4. The molecule has 0 spiro atoms. The number of nitrogens with one attached hydrogen (secondary N) is 1. The van der Waals surface area contributed by atoms with Crippen LogP contribution in [0.15, 0.2) is 108 Å². The third kappa shape index (κ3) is 6.01. The highest BCUT2D eigenvalue weighted by Crippen LogP contribution is 2.28. The predicted molar refractivity (Wildman–Crippen MR) is 146 cm³/mol. The van der Waals surface area contributed by atoms with Gasteiger partial charge >= 0.3 is 0 Å². The minimum Gasteiger partial charge on any atom is -0.497 e. The average Bonchev–Trinajstić information content (AvgIpc) is 2.91. The molecule has 0 aromatic heterocycles. The Morgan fingerprint density at radius 1 is 0.838 bits per heavy atom. The maximum Gasteiger partial charge on any atom is 0.264 e. The molecule has 0 bridgehead atoms. The summed E-state index contributed by atoms with van der Waals surface area (Å²) in [6.07, 6.45) is 0. The van der Waals surface area contributed by atoms with Crippen molar-refractivity contribution in [2.75, 3.05) is 18.0 Å². The van der Waals surface area contributed by atoms with E-state index < -0.39 is 28.5 Å². The van der Waals surface area contributed by atoms with Crippen LogP contribution in [0.3, 0.4) is 0 Å². The van der Waals surface area contributed by atoms with Crippen molar-refractivity contribution in [2.24, 2.45) is 0 Å². The molecular weight excluding hydrogens is 484 g/mol. The quantitative estimate of drug-likeness (QED) is 0.324. The zero-order valence-electron chi connectivity index (χ0n) is 21.1. The van der Waals surface area contributed by atoms with Gasteiger partial charge in [0.15, 0.2) is 0 Å². The molecule has 0 saturated carbocycles. The Labute approximate surface area is 218 Å². The van der Waals surface area contributed by atoms with Crippen LogP contribution in [-0.2, 0) is 14.8 Å². The summed E-state index contributed by atoms with van der Waals surface area (Å²) in [6, 6.07) is 30.2. The summed E-state index contributed by atoms with van der Waals surface area (Å²) >= 11 is 0. The van der Waals surface area contributed by atoms with Crippen molar-refractivity contribution >= 4 is 21.6 Å². The highest BCUT2D eigenvalue weighted by molar-refractivity contribution is 7.92. The van der Waals surface area contributed by atoms with E-state index in [0.717, 1.165) is 26.6 Å². The van der Waals surface area contributed by atoms with Crippen molar-refractivity contribution in [1.82, 2.24) is 5.32 Å². The van der Waals surface area contributed by atoms with Gasteiger partial charge in [0.25, 0.3) is 10.0 Å². The fourth-order valence-electron chi connectivity index (χ4n) is 4.13. The molecule has 0 fully saturated rings. The fourth-order valence-corrected chi connectivity index (χ4v) is 5.56. The summed E-state index contributed by atoms with van der Waals surface area (Å²) in [7, 11) is -2.49. The van der Waals surface area contributed by atoms with Crippen LogP contribution >= 0.6 is 0 Å². The summed E-state index contributed by atoms with van der Waals surface area (Å²) in [5.74, 6) is 0.160. The number of sulfonamides is 1. The van der Waals surface area contributed by atoms with Gasteiger partial charge in [-0.1, -0.05) is 72.3 Å². The Hall–Kier alpha value is -4.10. The standard InChI is InChI=1S/C30H30N2O4S/c1-22-13-19-27(20-14-22)37(34,35)32(25-15-17-26(36-3)18-16-25)21-29(33)31-30(24-10-5-4-6-11-24)28-12-8-7-9-23(28)2/h4-20,30H,21H2,1-3H3,(H,31,33). The van der Waals surface area contributed by atoms with Crippen LogP contribution in [0.25, 0.3) is 0 Å². The molecule has 7 heteroatoms. The molecule has 0 aliphatic heterocycles. The maximum absolute atomic E-state index is 13.7. The first-order valence-corrected chi connectivity index (χ1v) is 13.4. The Balaban J connectivity index is 1.70. The number of amides is 1. The van der Waals surface area contributed by atoms with Crippen molar-refractivity contribution in [2.45, 2.75) is 24.8 Å². The number of anilines is 1. The Morgan fingerprint density at radius 2 is 1.46 bits per heavy atom. The third-order valence-corrected chi connectivity index (χ3v) is 7.98. The SMILES string of the molecule is COc1ccc(N(CC(=O)NC(c2ccccc2)c2ccccc2C)S(=O)(=O)c2ccc(C)cc2)cc1. The average molecular weight is 515 g/mol. The molecule has 0 aliphatic carbocycles. The zero-order valence-corrected chi connectivity index (χ0v) is 21.9. The van der Waals surface area contributed by atoms with Gasteiger partial charge in [0.1, 0.15) is 12.3 Å². The van der Waals surface area contributed by atoms with Gasteiger partial charge in [-0.25, -0.2) is 8.42 Å². The number of methoxy groups -OCH3 is 1. The highest BCUT2D eigenvalue weighted by Gasteiger charge is 2.28. The number of carbonyl (C=O) groups excluding carboxylic acids is 1. The summed E-state index contributed by atoms with van der Waals surface area (Å²) in [4.78, 5) is 13.6. The van der Waals surface area contributed by atoms with E-state index in [0.29, 0.717) is 11.4 Å². The smallest absolute Gasteiger partial charge is 0.264 e. The summed E-state index contributed by atoms with van der Waals surface area (Å²) in [5.41, 5.74) is 4.18. The number of hydrogen-bond donors (Lipinski definition) is 1. The lowest BCUT2D eigenvalue weighted by molar-refractivity contribution is -0.120. The molecule has 1 amide bonds. The fraction of sp³-hybridized carbons (Fsp3) is 0.167. The lowest BCUT2D eigenvalue weighted by Gasteiger charge is -2.27. The van der Waals surface area contributed by atoms with Crippen molar-refractivity contribution in [3.8, 4) is 5.75 Å². The first-order chi connectivity index (χ1) is 17.8. The molecule has 4 aromatic rings. The van der Waals surface area contributed by atoms with Gasteiger partial charge in [-0.2, -0.15) is 0 Å². The van der Waals surface area contributed by atoms with Crippen molar-refractivity contribution < 1.29 is 17.9 Å². The molecule has 0 radical (unpaired) electrons. The topological polar surface area (TPSA) is 75.7 Å². The van der Waals surface area contributed by atoms with Gasteiger partial charge in [-0.05, 0) is 66.9 Å². The molecule has 4 aromatic carbocycles. The summed E-state index contributed by atoms with van der Waals surface area (Å²) in [5, 5.41) is 3.08. The van der Waals surface area contributed by atoms with Gasteiger partial charge in [0.05, 0.1) is 23.7 Å². The molecule has 37 heavy (non-hydrogen) atoms. The molecule has 6 nitrogen and oxygen atoms in total. The predicted octanol–water partition coefficient (Wildman–Crippen LogP) is 5.41. The first kappa shape index (κ1) is 26.0. The van der Waals surface area contributed by atoms with E-state index >= 15 is 0 Å². The van der Waals surface area contributed by atoms with Crippen LogP contribution in [0.2, 0.25) is 0 Å². The number of hydrogen-bond acceptors (Lipinski definition) is 4. The van der Waals surface area contributed by atoms with Crippen LogP contribution in [0.5, 0.6) is 5.75 Å². The van der Waals surface area contributed by atoms with Crippen LogP contribution in [0, 0.1) is 13.8 Å². The van der Waals surface area contributed by atoms with E-state index in [2.05, 4.69) is 5.32 Å². The molecular formula is C30H30N2O4S. The molecule has 4 rings (SSSR count). The first-order valence-electron chi connectivity index (χ1n) is 11.9. The van der Waals surface area contributed by atoms with Gasteiger partial charge in [0.2, 0.25) is 5.91 Å². The minimum absolute atomic E-state index is 0.111. The molecule has 0 heterocycles. The van der Waals surface area contributed by atoms with E-state index in [1.165, 1.54) is 0 Å². The second-order valence-corrected chi connectivity index (χ2v) is 10.7. The Bertz CT molecular complexity index is 1450. The van der Waals surface area contributed by atoms with Crippen LogP contribution < -0.4 is 14.4 Å². The molecule has 0 aliphatic rings. The number of nitrogens with zero attached hydrogens (tertiary/aromatic N) is 1. The third-order valence-electron chi connectivity index (χ3n) is 6.19. The van der Waals surface area contributed by atoms with E-state index in [4.69, 9.17) is 4.74 Å². The Kier molecular flexibility index (Phi) is 7.94. The monoisotopic (exact) mass is 514 g/mol. The van der Waals surface area contributed by atoms with E-state index in [1.807, 2.05) is 68.4 Å². The summed E-state index contributed by atoms with van der Waals surface area (Å²) < 4.78 is 33.8. The minimum atomic E-state index is -4.03. The normalized spacial score (nSPS) is 12.0. The lowest BCUT2D eigenvalue weighted by atomic mass is 9.95. The van der Waals surface area contributed by atoms with E-state index in [-0.39, 0.29) is 4.90 Å². The second-order valence-electron chi connectivity index (χ2n) is 8.79. The van der Waals surface area contributed by atoms with E-state index in [1.54, 1.807) is 55.6 Å².